The summed E-state index contributed by atoms with van der Waals surface area (Å²) in [5.74, 6) is 1.57. The van der Waals surface area contributed by atoms with Gasteiger partial charge in [-0.3, -0.25) is 0 Å². The molecule has 1 aromatic carbocycles. The lowest BCUT2D eigenvalue weighted by molar-refractivity contribution is 0.360. The number of aromatic nitrogens is 2. The second-order valence-corrected chi connectivity index (χ2v) is 5.62. The van der Waals surface area contributed by atoms with Gasteiger partial charge in [-0.05, 0) is 31.2 Å². The SMILES string of the molecule is c1ccc(C2(c3noc(CNC4CC4)n3)CC2)cc1. The highest BCUT2D eigenvalue weighted by atomic mass is 16.5. The molecule has 4 nitrogen and oxygen atoms in total. The van der Waals surface area contributed by atoms with Crippen LogP contribution >= 0.6 is 0 Å². The van der Waals surface area contributed by atoms with Crippen LogP contribution in [-0.4, -0.2) is 16.2 Å². The molecule has 0 bridgehead atoms. The summed E-state index contributed by atoms with van der Waals surface area (Å²) in [5, 5.41) is 7.60. The van der Waals surface area contributed by atoms with Gasteiger partial charge in [-0.1, -0.05) is 35.5 Å². The Balaban J connectivity index is 1.55. The Hall–Kier alpha value is -1.68. The van der Waals surface area contributed by atoms with E-state index in [-0.39, 0.29) is 5.41 Å². The molecule has 0 spiro atoms. The number of hydrogen-bond donors (Lipinski definition) is 1. The minimum absolute atomic E-state index is 0.0165. The monoisotopic (exact) mass is 255 g/mol. The van der Waals surface area contributed by atoms with Crippen LogP contribution in [-0.2, 0) is 12.0 Å². The number of hydrogen-bond acceptors (Lipinski definition) is 4. The van der Waals surface area contributed by atoms with E-state index in [1.165, 1.54) is 18.4 Å². The van der Waals surface area contributed by atoms with Crippen molar-refractivity contribution in [1.29, 1.82) is 0 Å². The maximum absolute atomic E-state index is 5.37. The molecule has 0 atom stereocenters. The number of rotatable bonds is 5. The first-order valence-corrected chi connectivity index (χ1v) is 6.99. The normalized spacial score (nSPS) is 20.4. The molecule has 0 radical (unpaired) electrons. The van der Waals surface area contributed by atoms with E-state index in [1.807, 2.05) is 6.07 Å². The summed E-state index contributed by atoms with van der Waals surface area (Å²) >= 11 is 0. The maximum Gasteiger partial charge on any atom is 0.240 e. The molecule has 4 rings (SSSR count). The lowest BCUT2D eigenvalue weighted by atomic mass is 9.95. The molecular weight excluding hydrogens is 238 g/mol. The van der Waals surface area contributed by atoms with E-state index < -0.39 is 0 Å². The van der Waals surface area contributed by atoms with Crippen molar-refractivity contribution in [2.75, 3.05) is 0 Å². The second kappa shape index (κ2) is 4.17. The van der Waals surface area contributed by atoms with Crippen LogP contribution in [0.15, 0.2) is 34.9 Å². The average Bonchev–Trinajstić information content (AvgIpc) is 3.38. The van der Waals surface area contributed by atoms with E-state index in [0.717, 1.165) is 18.7 Å². The van der Waals surface area contributed by atoms with Gasteiger partial charge in [0.25, 0.3) is 0 Å². The molecule has 1 N–H and O–H groups in total. The van der Waals surface area contributed by atoms with E-state index >= 15 is 0 Å². The van der Waals surface area contributed by atoms with Gasteiger partial charge in [0, 0.05) is 6.04 Å². The van der Waals surface area contributed by atoms with Crippen LogP contribution in [0, 0.1) is 0 Å². The summed E-state index contributed by atoms with van der Waals surface area (Å²) in [4.78, 5) is 4.58. The summed E-state index contributed by atoms with van der Waals surface area (Å²) in [7, 11) is 0. The van der Waals surface area contributed by atoms with E-state index in [9.17, 15) is 0 Å². The van der Waals surface area contributed by atoms with Crippen LogP contribution in [0.3, 0.4) is 0 Å². The Labute approximate surface area is 112 Å². The lowest BCUT2D eigenvalue weighted by Gasteiger charge is -2.10. The van der Waals surface area contributed by atoms with Gasteiger partial charge in [0.15, 0.2) is 5.82 Å². The first-order chi connectivity index (χ1) is 9.37. The van der Waals surface area contributed by atoms with Gasteiger partial charge >= 0.3 is 0 Å². The number of nitrogens with zero attached hydrogens (tertiary/aromatic N) is 2. The van der Waals surface area contributed by atoms with Crippen molar-refractivity contribution in [3.05, 3.63) is 47.6 Å². The smallest absolute Gasteiger partial charge is 0.240 e. The molecule has 0 amide bonds. The first kappa shape index (κ1) is 11.2. The van der Waals surface area contributed by atoms with Crippen LogP contribution in [0.25, 0.3) is 0 Å². The highest BCUT2D eigenvalue weighted by Gasteiger charge is 2.49. The third kappa shape index (κ3) is 2.06. The largest absolute Gasteiger partial charge is 0.338 e. The van der Waals surface area contributed by atoms with E-state index in [4.69, 9.17) is 4.52 Å². The highest BCUT2D eigenvalue weighted by molar-refractivity contribution is 5.38. The summed E-state index contributed by atoms with van der Waals surface area (Å²) in [5.41, 5.74) is 1.32. The Morgan fingerprint density at radius 3 is 2.68 bits per heavy atom. The average molecular weight is 255 g/mol. The molecule has 1 aromatic heterocycles. The van der Waals surface area contributed by atoms with Crippen molar-refractivity contribution in [2.24, 2.45) is 0 Å². The second-order valence-electron chi connectivity index (χ2n) is 5.62. The van der Waals surface area contributed by atoms with E-state index in [0.29, 0.717) is 18.5 Å². The van der Waals surface area contributed by atoms with Gasteiger partial charge in [0.2, 0.25) is 5.89 Å². The van der Waals surface area contributed by atoms with Crippen molar-refractivity contribution >= 4 is 0 Å². The fourth-order valence-corrected chi connectivity index (χ4v) is 2.56. The quantitative estimate of drug-likeness (QED) is 0.891. The van der Waals surface area contributed by atoms with Crippen molar-refractivity contribution in [3.63, 3.8) is 0 Å². The maximum atomic E-state index is 5.37. The zero-order valence-electron chi connectivity index (χ0n) is 10.8. The fourth-order valence-electron chi connectivity index (χ4n) is 2.56. The first-order valence-electron chi connectivity index (χ1n) is 6.99. The summed E-state index contributed by atoms with van der Waals surface area (Å²) in [6, 6.07) is 11.2. The molecular formula is C15H17N3O. The van der Waals surface area contributed by atoms with Crippen molar-refractivity contribution < 1.29 is 4.52 Å². The molecule has 19 heavy (non-hydrogen) atoms. The van der Waals surface area contributed by atoms with E-state index in [2.05, 4.69) is 39.7 Å². The Morgan fingerprint density at radius 1 is 1.21 bits per heavy atom. The topological polar surface area (TPSA) is 51.0 Å². The third-order valence-electron chi connectivity index (χ3n) is 4.09. The van der Waals surface area contributed by atoms with Gasteiger partial charge in [-0.2, -0.15) is 4.98 Å². The minimum atomic E-state index is 0.0165. The number of benzene rings is 1. The van der Waals surface area contributed by atoms with Crippen LogP contribution in [0.1, 0.15) is 43.0 Å². The molecule has 1 heterocycles. The molecule has 0 aliphatic heterocycles. The molecule has 4 heteroatoms. The fraction of sp³-hybridized carbons (Fsp3) is 0.467. The standard InChI is InChI=1S/C15H17N3O/c1-2-4-11(5-3-1)15(8-9-15)14-17-13(19-18-14)10-16-12-6-7-12/h1-5,12,16H,6-10H2. The summed E-state index contributed by atoms with van der Waals surface area (Å²) < 4.78 is 5.37. The zero-order chi connectivity index (χ0) is 12.7. The zero-order valence-corrected chi connectivity index (χ0v) is 10.8. The molecule has 2 fully saturated rings. The van der Waals surface area contributed by atoms with Crippen LogP contribution in [0.2, 0.25) is 0 Å². The molecule has 2 aliphatic rings. The summed E-state index contributed by atoms with van der Waals surface area (Å²) in [6.07, 6.45) is 4.78. The molecule has 0 unspecified atom stereocenters. The predicted octanol–water partition coefficient (Wildman–Crippen LogP) is 2.40. The minimum Gasteiger partial charge on any atom is -0.338 e. The van der Waals surface area contributed by atoms with Crippen molar-refractivity contribution in [3.8, 4) is 0 Å². The Morgan fingerprint density at radius 2 is 2.00 bits per heavy atom. The van der Waals surface area contributed by atoms with Gasteiger partial charge < -0.3 is 9.84 Å². The predicted molar refractivity (Wildman–Crippen MR) is 70.6 cm³/mol. The Bertz CT molecular complexity index is 570. The molecule has 2 aromatic rings. The van der Waals surface area contributed by atoms with Crippen LogP contribution in [0.5, 0.6) is 0 Å². The number of nitrogens with one attached hydrogen (secondary N) is 1. The third-order valence-corrected chi connectivity index (χ3v) is 4.09. The molecule has 2 aliphatic carbocycles. The van der Waals surface area contributed by atoms with Gasteiger partial charge in [-0.15, -0.1) is 0 Å². The van der Waals surface area contributed by atoms with Crippen LogP contribution < -0.4 is 5.32 Å². The Kier molecular flexibility index (Phi) is 2.45. The molecule has 2 saturated carbocycles. The molecule has 0 saturated heterocycles. The highest BCUT2D eigenvalue weighted by Crippen LogP contribution is 2.52. The lowest BCUT2D eigenvalue weighted by Crippen LogP contribution is -2.16. The van der Waals surface area contributed by atoms with Gasteiger partial charge in [0.1, 0.15) is 0 Å². The van der Waals surface area contributed by atoms with Crippen LogP contribution in [0.4, 0.5) is 0 Å². The summed E-state index contributed by atoms with van der Waals surface area (Å²) in [6.45, 7) is 0.697. The van der Waals surface area contributed by atoms with Gasteiger partial charge in [0.05, 0.1) is 12.0 Å². The molecule has 98 valence electrons. The van der Waals surface area contributed by atoms with Crippen molar-refractivity contribution in [1.82, 2.24) is 15.5 Å². The van der Waals surface area contributed by atoms with E-state index in [1.54, 1.807) is 0 Å². The van der Waals surface area contributed by atoms with Gasteiger partial charge in [-0.25, -0.2) is 0 Å². The van der Waals surface area contributed by atoms with Crippen molar-refractivity contribution in [2.45, 2.75) is 43.7 Å².